The van der Waals surface area contributed by atoms with Gasteiger partial charge < -0.3 is 10.1 Å². The Kier molecular flexibility index (Phi) is 1.72. The Labute approximate surface area is 60.3 Å². The number of aromatic amines is 1. The van der Waals surface area contributed by atoms with Gasteiger partial charge in [0.2, 0.25) is 5.56 Å². The maximum Gasteiger partial charge on any atom is 0.355 e. The van der Waals surface area contributed by atoms with E-state index in [-0.39, 0.29) is 0 Å². The largest absolute Gasteiger partial charge is 0.476 e. The Morgan fingerprint density at radius 3 is 2.64 bits per heavy atom. The highest BCUT2D eigenvalue weighted by Gasteiger charge is 2.09. The summed E-state index contributed by atoms with van der Waals surface area (Å²) in [4.78, 5) is 22.5. The summed E-state index contributed by atoms with van der Waals surface area (Å²) in [5, 5.41) is 8.28. The summed E-state index contributed by atoms with van der Waals surface area (Å²) in [7, 11) is 0. The van der Waals surface area contributed by atoms with E-state index in [2.05, 4.69) is 0 Å². The number of nitrogens with one attached hydrogen (secondary N) is 1. The van der Waals surface area contributed by atoms with Crippen LogP contribution in [0.15, 0.2) is 16.9 Å². The van der Waals surface area contributed by atoms with Crippen molar-refractivity contribution in [2.45, 2.75) is 0 Å². The van der Waals surface area contributed by atoms with Crippen molar-refractivity contribution in [1.82, 2.24) is 4.98 Å². The molecule has 0 aliphatic heterocycles. The number of aromatic nitrogens is 1. The lowest BCUT2D eigenvalue weighted by Gasteiger charge is -1.93. The molecule has 0 saturated heterocycles. The molecule has 11 heavy (non-hydrogen) atoms. The molecule has 0 fully saturated rings. The molecule has 0 aromatic carbocycles. The predicted octanol–water partition coefficient (Wildman–Crippen LogP) is 0.212. The molecule has 0 bridgehead atoms. The molecular weight excluding hydrogens is 153 g/mol. The smallest absolute Gasteiger partial charge is 0.355 e. The number of halogens is 1. The van der Waals surface area contributed by atoms with E-state index < -0.39 is 23.0 Å². The van der Waals surface area contributed by atoms with Crippen LogP contribution in [-0.4, -0.2) is 16.1 Å². The van der Waals surface area contributed by atoms with Gasteiger partial charge in [-0.25, -0.2) is 9.18 Å². The van der Waals surface area contributed by atoms with Crippen LogP contribution < -0.4 is 5.56 Å². The highest BCUT2D eigenvalue weighted by atomic mass is 19.1. The van der Waals surface area contributed by atoms with E-state index in [0.29, 0.717) is 0 Å². The number of hydrogen-bond acceptors (Lipinski definition) is 2. The predicted molar refractivity (Wildman–Crippen MR) is 34.0 cm³/mol. The zero-order valence-electron chi connectivity index (χ0n) is 5.30. The molecule has 0 aliphatic rings. The van der Waals surface area contributed by atoms with Gasteiger partial charge in [-0.2, -0.15) is 0 Å². The van der Waals surface area contributed by atoms with Crippen LogP contribution in [0.1, 0.15) is 10.5 Å². The molecule has 1 aromatic rings. The monoisotopic (exact) mass is 157 g/mol. The maximum atomic E-state index is 12.5. The fourth-order valence-electron chi connectivity index (χ4n) is 0.612. The van der Waals surface area contributed by atoms with Gasteiger partial charge in [0.25, 0.3) is 0 Å². The van der Waals surface area contributed by atoms with Crippen molar-refractivity contribution in [2.75, 3.05) is 0 Å². The van der Waals surface area contributed by atoms with Crippen LogP contribution in [0.3, 0.4) is 0 Å². The van der Waals surface area contributed by atoms with Crippen LogP contribution in [0.2, 0.25) is 0 Å². The number of pyridine rings is 1. The van der Waals surface area contributed by atoms with Gasteiger partial charge in [0, 0.05) is 6.07 Å². The summed E-state index contributed by atoms with van der Waals surface area (Å²) >= 11 is 0. The first-order valence-corrected chi connectivity index (χ1v) is 2.73. The summed E-state index contributed by atoms with van der Waals surface area (Å²) in [6, 6.07) is 1.73. The van der Waals surface area contributed by atoms with Gasteiger partial charge in [0.1, 0.15) is 0 Å². The highest BCUT2D eigenvalue weighted by molar-refractivity contribution is 5.85. The number of hydrogen-bond donors (Lipinski definition) is 2. The zero-order chi connectivity index (χ0) is 8.43. The molecule has 5 heteroatoms. The first kappa shape index (κ1) is 7.46. The molecule has 0 spiro atoms. The number of carbonyl (C=O) groups is 1. The first-order valence-electron chi connectivity index (χ1n) is 2.73. The number of carboxylic acids is 1. The van der Waals surface area contributed by atoms with Crippen molar-refractivity contribution >= 4 is 5.97 Å². The second-order valence-electron chi connectivity index (χ2n) is 1.85. The lowest BCUT2D eigenvalue weighted by molar-refractivity contribution is 0.0684. The van der Waals surface area contributed by atoms with E-state index in [1.54, 1.807) is 0 Å². The average molecular weight is 157 g/mol. The van der Waals surface area contributed by atoms with Crippen molar-refractivity contribution in [1.29, 1.82) is 0 Å². The molecule has 0 radical (unpaired) electrons. The molecule has 0 aliphatic carbocycles. The molecule has 1 heterocycles. The normalized spacial score (nSPS) is 9.55. The third-order valence-electron chi connectivity index (χ3n) is 1.08. The van der Waals surface area contributed by atoms with Crippen LogP contribution in [0.25, 0.3) is 0 Å². The summed E-state index contributed by atoms with van der Waals surface area (Å²) in [6.45, 7) is 0. The van der Waals surface area contributed by atoms with Gasteiger partial charge in [-0.15, -0.1) is 0 Å². The zero-order valence-corrected chi connectivity index (χ0v) is 5.30. The molecule has 0 unspecified atom stereocenters. The van der Waals surface area contributed by atoms with Crippen LogP contribution in [0.4, 0.5) is 4.39 Å². The molecule has 2 N–H and O–H groups in total. The Morgan fingerprint density at radius 1 is 1.55 bits per heavy atom. The number of rotatable bonds is 1. The Morgan fingerprint density at radius 2 is 2.18 bits per heavy atom. The second kappa shape index (κ2) is 2.53. The van der Waals surface area contributed by atoms with Crippen LogP contribution in [0, 0.1) is 5.82 Å². The topological polar surface area (TPSA) is 70.2 Å². The maximum absolute atomic E-state index is 12.5. The number of carboxylic acid groups (broad SMARTS) is 1. The van der Waals surface area contributed by atoms with Gasteiger partial charge in [-0.1, -0.05) is 0 Å². The third kappa shape index (κ3) is 1.43. The Hall–Kier alpha value is -1.65. The van der Waals surface area contributed by atoms with E-state index in [1.807, 2.05) is 4.98 Å². The number of H-pyrrole nitrogens is 1. The standard InChI is InChI=1S/C6H4FNO3/c7-3-1-2-4(9)8-5(3)6(10)11/h1-2H,(H,8,9)(H,10,11). The highest BCUT2D eigenvalue weighted by Crippen LogP contribution is 1.98. The van der Waals surface area contributed by atoms with Crippen LogP contribution in [0.5, 0.6) is 0 Å². The van der Waals surface area contributed by atoms with Crippen molar-refractivity contribution in [3.05, 3.63) is 34.0 Å². The lowest BCUT2D eigenvalue weighted by atomic mass is 10.3. The SMILES string of the molecule is O=C(O)c1[nH]c(=O)ccc1F. The van der Waals surface area contributed by atoms with E-state index >= 15 is 0 Å². The Bertz CT molecular complexity index is 344. The summed E-state index contributed by atoms with van der Waals surface area (Å²) in [5.41, 5.74) is -1.35. The third-order valence-corrected chi connectivity index (χ3v) is 1.08. The summed E-state index contributed by atoms with van der Waals surface area (Å²) in [6.07, 6.45) is 0. The minimum atomic E-state index is -1.49. The summed E-state index contributed by atoms with van der Waals surface area (Å²) < 4.78 is 12.5. The molecule has 0 saturated carbocycles. The summed E-state index contributed by atoms with van der Waals surface area (Å²) in [5.74, 6) is -2.43. The average Bonchev–Trinajstić information content (AvgIpc) is 1.94. The molecule has 4 nitrogen and oxygen atoms in total. The Balaban J connectivity index is 3.35. The van der Waals surface area contributed by atoms with Gasteiger partial charge in [-0.05, 0) is 6.07 Å². The molecular formula is C6H4FNO3. The van der Waals surface area contributed by atoms with Crippen LogP contribution >= 0.6 is 0 Å². The van der Waals surface area contributed by atoms with E-state index in [9.17, 15) is 14.0 Å². The second-order valence-corrected chi connectivity index (χ2v) is 1.85. The lowest BCUT2D eigenvalue weighted by Crippen LogP contribution is -2.13. The van der Waals surface area contributed by atoms with E-state index in [1.165, 1.54) is 0 Å². The molecule has 58 valence electrons. The van der Waals surface area contributed by atoms with Gasteiger partial charge in [0.15, 0.2) is 11.5 Å². The molecule has 0 atom stereocenters. The van der Waals surface area contributed by atoms with E-state index in [0.717, 1.165) is 12.1 Å². The molecule has 1 rings (SSSR count). The fraction of sp³-hybridized carbons (Fsp3) is 0. The van der Waals surface area contributed by atoms with Gasteiger partial charge >= 0.3 is 5.97 Å². The minimum absolute atomic E-state index is 0.635. The van der Waals surface area contributed by atoms with E-state index in [4.69, 9.17) is 5.11 Å². The molecule has 0 amide bonds. The fourth-order valence-corrected chi connectivity index (χ4v) is 0.612. The van der Waals surface area contributed by atoms with Crippen LogP contribution in [-0.2, 0) is 0 Å². The van der Waals surface area contributed by atoms with Gasteiger partial charge in [0.05, 0.1) is 0 Å². The molecule has 1 aromatic heterocycles. The van der Waals surface area contributed by atoms with Gasteiger partial charge in [-0.3, -0.25) is 4.79 Å². The quantitative estimate of drug-likeness (QED) is 0.612. The van der Waals surface area contributed by atoms with Crippen molar-refractivity contribution in [3.63, 3.8) is 0 Å². The van der Waals surface area contributed by atoms with Crippen molar-refractivity contribution in [3.8, 4) is 0 Å². The first-order chi connectivity index (χ1) is 5.11. The van der Waals surface area contributed by atoms with Crippen molar-refractivity contribution < 1.29 is 14.3 Å². The number of aromatic carboxylic acids is 1. The minimum Gasteiger partial charge on any atom is -0.476 e. The van der Waals surface area contributed by atoms with Crippen molar-refractivity contribution in [2.24, 2.45) is 0 Å².